The summed E-state index contributed by atoms with van der Waals surface area (Å²) in [4.78, 5) is 2.41. The highest BCUT2D eigenvalue weighted by Gasteiger charge is 2.29. The Bertz CT molecular complexity index is 2460. The Labute approximate surface area is 266 Å². The second-order valence-electron chi connectivity index (χ2n) is 12.2. The molecule has 46 heavy (non-hydrogen) atoms. The van der Waals surface area contributed by atoms with Crippen LogP contribution in [0.15, 0.2) is 158 Å². The van der Waals surface area contributed by atoms with Gasteiger partial charge in [0.05, 0.1) is 22.1 Å². The summed E-state index contributed by atoms with van der Waals surface area (Å²) in [7, 11) is 2.23. The van der Waals surface area contributed by atoms with E-state index < -0.39 is 0 Å². The van der Waals surface area contributed by atoms with E-state index in [0.29, 0.717) is 0 Å². The lowest BCUT2D eigenvalue weighted by Gasteiger charge is -2.23. The Morgan fingerprint density at radius 2 is 0.739 bits per heavy atom. The minimum atomic E-state index is 1.17. The second-order valence-corrected chi connectivity index (χ2v) is 12.2. The van der Waals surface area contributed by atoms with Crippen LogP contribution in [0.1, 0.15) is 0 Å². The number of benzene rings is 7. The summed E-state index contributed by atoms with van der Waals surface area (Å²) in [5, 5.41) is 5.09. The van der Waals surface area contributed by atoms with E-state index in [2.05, 4.69) is 179 Å². The average Bonchev–Trinajstić information content (AvgIpc) is 3.61. The number of hydrogen-bond acceptors (Lipinski definition) is 1. The van der Waals surface area contributed by atoms with Gasteiger partial charge in [-0.3, -0.25) is 0 Å². The fourth-order valence-corrected chi connectivity index (χ4v) is 7.96. The van der Waals surface area contributed by atoms with E-state index in [1.54, 1.807) is 0 Å². The van der Waals surface area contributed by atoms with Crippen LogP contribution in [0.5, 0.6) is 0 Å². The van der Waals surface area contributed by atoms with E-state index in [4.69, 9.17) is 0 Å². The number of fused-ring (bicyclic) bond motifs is 13. The fraction of sp³-hybridized carbons (Fsp3) is 0.0233. The molecule has 0 atom stereocenters. The second kappa shape index (κ2) is 9.47. The molecule has 3 heterocycles. The van der Waals surface area contributed by atoms with Gasteiger partial charge in [0.1, 0.15) is 0 Å². The Balaban J connectivity index is 1.37. The maximum atomic E-state index is 2.41. The van der Waals surface area contributed by atoms with Gasteiger partial charge in [-0.25, -0.2) is 0 Å². The summed E-state index contributed by atoms with van der Waals surface area (Å²) in [6.07, 6.45) is 0. The standard InChI is InChI=1S/C43H29N3/c1-44-36-24-26-38-42(32-20-10-12-22-34(32)45(38)28-14-4-2-5-15-28)40(36)30-18-8-9-19-31(30)41-37(44)25-27-39-43(41)33-21-11-13-23-35(33)46(39)29-16-6-3-7-17-29/h2-27H,1H3. The third-order valence-electron chi connectivity index (χ3n) is 9.85. The van der Waals surface area contributed by atoms with E-state index in [0.717, 1.165) is 0 Å². The molecule has 0 bridgehead atoms. The zero-order chi connectivity index (χ0) is 30.4. The number of hydrogen-bond donors (Lipinski definition) is 0. The first-order valence-electron chi connectivity index (χ1n) is 15.9. The van der Waals surface area contributed by atoms with E-state index in [1.807, 2.05) is 0 Å². The predicted octanol–water partition coefficient (Wildman–Crippen LogP) is 11.3. The van der Waals surface area contributed by atoms with E-state index in [1.165, 1.54) is 88.6 Å². The molecule has 0 spiro atoms. The summed E-state index contributed by atoms with van der Waals surface area (Å²) in [6.45, 7) is 0. The van der Waals surface area contributed by atoms with Gasteiger partial charge in [-0.05, 0) is 71.8 Å². The van der Waals surface area contributed by atoms with Crippen LogP contribution >= 0.6 is 0 Å². The molecule has 3 heteroatoms. The number of anilines is 2. The summed E-state index contributed by atoms with van der Waals surface area (Å²) in [5.74, 6) is 0. The quantitative estimate of drug-likeness (QED) is 0.196. The summed E-state index contributed by atoms with van der Waals surface area (Å²) < 4.78 is 4.83. The largest absolute Gasteiger partial charge is 0.344 e. The highest BCUT2D eigenvalue weighted by atomic mass is 15.1. The molecule has 0 radical (unpaired) electrons. The first-order chi connectivity index (χ1) is 22.8. The van der Waals surface area contributed by atoms with Crippen molar-refractivity contribution in [2.24, 2.45) is 0 Å². The molecule has 0 unspecified atom stereocenters. The van der Waals surface area contributed by atoms with Gasteiger partial charge >= 0.3 is 0 Å². The van der Waals surface area contributed by atoms with Crippen LogP contribution in [0.3, 0.4) is 0 Å². The van der Waals surface area contributed by atoms with Gasteiger partial charge in [-0.1, -0.05) is 97.1 Å². The third-order valence-corrected chi connectivity index (χ3v) is 9.85. The minimum Gasteiger partial charge on any atom is -0.344 e. The van der Waals surface area contributed by atoms with Gasteiger partial charge in [0.15, 0.2) is 0 Å². The van der Waals surface area contributed by atoms with Crippen molar-refractivity contribution in [2.45, 2.75) is 0 Å². The van der Waals surface area contributed by atoms with Gasteiger partial charge < -0.3 is 14.0 Å². The van der Waals surface area contributed by atoms with Crippen molar-refractivity contribution in [1.82, 2.24) is 9.13 Å². The molecular weight excluding hydrogens is 558 g/mol. The maximum Gasteiger partial charge on any atom is 0.0548 e. The minimum absolute atomic E-state index is 1.17. The molecule has 216 valence electrons. The van der Waals surface area contributed by atoms with E-state index in [-0.39, 0.29) is 0 Å². The topological polar surface area (TPSA) is 13.1 Å². The monoisotopic (exact) mass is 587 g/mol. The van der Waals surface area contributed by atoms with Gasteiger partial charge in [0, 0.05) is 62.5 Å². The Morgan fingerprint density at radius 1 is 0.348 bits per heavy atom. The lowest BCUT2D eigenvalue weighted by molar-refractivity contribution is 1.17. The van der Waals surface area contributed by atoms with Crippen LogP contribution in [0.2, 0.25) is 0 Å². The lowest BCUT2D eigenvalue weighted by Crippen LogP contribution is -2.10. The molecule has 0 N–H and O–H groups in total. The molecule has 1 aliphatic rings. The van der Waals surface area contributed by atoms with Crippen molar-refractivity contribution in [2.75, 3.05) is 11.9 Å². The van der Waals surface area contributed by atoms with Gasteiger partial charge in [0.2, 0.25) is 0 Å². The molecule has 0 aliphatic carbocycles. The van der Waals surface area contributed by atoms with Gasteiger partial charge in [-0.2, -0.15) is 0 Å². The SMILES string of the molecule is CN1c2ccc3c(c2-c2ccccc2-c2c1ccc1c2c2ccccc2n1-c1ccccc1)c1ccccc1n3-c1ccccc1. The van der Waals surface area contributed by atoms with Crippen LogP contribution in [-0.4, -0.2) is 16.2 Å². The zero-order valence-corrected chi connectivity index (χ0v) is 25.4. The molecule has 1 aliphatic heterocycles. The first-order valence-corrected chi connectivity index (χ1v) is 15.9. The van der Waals surface area contributed by atoms with Crippen molar-refractivity contribution in [3.63, 3.8) is 0 Å². The van der Waals surface area contributed by atoms with Crippen LogP contribution in [0.25, 0.3) is 77.2 Å². The normalized spacial score (nSPS) is 12.4. The highest BCUT2D eigenvalue weighted by molar-refractivity contribution is 6.25. The molecule has 0 saturated heterocycles. The molecule has 0 amide bonds. The number of nitrogens with zero attached hydrogens (tertiary/aromatic N) is 3. The van der Waals surface area contributed by atoms with Crippen LogP contribution in [0.4, 0.5) is 11.4 Å². The number of aromatic nitrogens is 2. The van der Waals surface area contributed by atoms with Crippen LogP contribution in [-0.2, 0) is 0 Å². The summed E-state index contributed by atoms with van der Waals surface area (Å²) in [5.41, 5.74) is 14.7. The van der Waals surface area contributed by atoms with E-state index >= 15 is 0 Å². The van der Waals surface area contributed by atoms with E-state index in [9.17, 15) is 0 Å². The molecule has 0 saturated carbocycles. The Kier molecular flexibility index (Phi) is 5.20. The Hall–Kier alpha value is -6.06. The molecule has 2 aromatic heterocycles. The molecule has 7 aromatic carbocycles. The third kappa shape index (κ3) is 3.32. The van der Waals surface area contributed by atoms with Crippen molar-refractivity contribution >= 4 is 55.0 Å². The van der Waals surface area contributed by atoms with Gasteiger partial charge in [0.25, 0.3) is 0 Å². The molecule has 3 nitrogen and oxygen atoms in total. The molecule has 10 rings (SSSR count). The highest BCUT2D eigenvalue weighted by Crippen LogP contribution is 2.54. The molecule has 0 fully saturated rings. The number of para-hydroxylation sites is 4. The summed E-state index contributed by atoms with van der Waals surface area (Å²) in [6, 6.07) is 57.4. The molecular formula is C43H29N3. The van der Waals surface area contributed by atoms with Gasteiger partial charge in [-0.15, -0.1) is 0 Å². The maximum absolute atomic E-state index is 2.41. The zero-order valence-electron chi connectivity index (χ0n) is 25.4. The van der Waals surface area contributed by atoms with Crippen molar-refractivity contribution in [1.29, 1.82) is 0 Å². The number of rotatable bonds is 2. The van der Waals surface area contributed by atoms with Crippen molar-refractivity contribution in [3.8, 4) is 33.6 Å². The Morgan fingerprint density at radius 3 is 1.20 bits per heavy atom. The average molecular weight is 588 g/mol. The van der Waals surface area contributed by atoms with Crippen molar-refractivity contribution < 1.29 is 0 Å². The predicted molar refractivity (Wildman–Crippen MR) is 194 cm³/mol. The lowest BCUT2D eigenvalue weighted by atomic mass is 9.90. The summed E-state index contributed by atoms with van der Waals surface area (Å²) >= 11 is 0. The van der Waals surface area contributed by atoms with Crippen LogP contribution < -0.4 is 4.90 Å². The van der Waals surface area contributed by atoms with Crippen LogP contribution in [0, 0.1) is 0 Å². The smallest absolute Gasteiger partial charge is 0.0548 e. The first kappa shape index (κ1) is 25.3. The molecule has 9 aromatic rings. The van der Waals surface area contributed by atoms with Crippen molar-refractivity contribution in [3.05, 3.63) is 158 Å². The fourth-order valence-electron chi connectivity index (χ4n) is 7.96.